The van der Waals surface area contributed by atoms with Gasteiger partial charge in [-0.05, 0) is 25.5 Å². The molecule has 0 aromatic heterocycles. The maximum atomic E-state index is 9.09. The Labute approximate surface area is 84.0 Å². The van der Waals surface area contributed by atoms with Crippen LogP contribution in [0.5, 0.6) is 5.75 Å². The molecule has 1 rings (SSSR count). The molecule has 0 radical (unpaired) electrons. The van der Waals surface area contributed by atoms with Gasteiger partial charge in [-0.1, -0.05) is 17.7 Å². The summed E-state index contributed by atoms with van der Waals surface area (Å²) in [5.74, 6) is 0.753. The lowest BCUT2D eigenvalue weighted by molar-refractivity contribution is 0.0534. The van der Waals surface area contributed by atoms with E-state index in [9.17, 15) is 0 Å². The van der Waals surface area contributed by atoms with Crippen LogP contribution in [0.3, 0.4) is 0 Å². The van der Waals surface area contributed by atoms with Gasteiger partial charge in [0.15, 0.2) is 0 Å². The lowest BCUT2D eigenvalue weighted by Crippen LogP contribution is -2.21. The van der Waals surface area contributed by atoms with Gasteiger partial charge in [0, 0.05) is 0 Å². The smallest absolute Gasteiger partial charge is 0.122 e. The van der Waals surface area contributed by atoms with Crippen LogP contribution in [0, 0.1) is 13.8 Å². The number of benzene rings is 1. The van der Waals surface area contributed by atoms with E-state index in [-0.39, 0.29) is 13.2 Å². The second kappa shape index (κ2) is 4.98. The van der Waals surface area contributed by atoms with Gasteiger partial charge in [0.2, 0.25) is 0 Å². The van der Waals surface area contributed by atoms with E-state index in [1.807, 2.05) is 32.0 Å². The highest BCUT2D eigenvalue weighted by Gasteiger charge is 2.04. The van der Waals surface area contributed by atoms with Gasteiger partial charge < -0.3 is 14.9 Å². The van der Waals surface area contributed by atoms with Crippen LogP contribution < -0.4 is 4.74 Å². The zero-order valence-electron chi connectivity index (χ0n) is 8.53. The first kappa shape index (κ1) is 11.0. The van der Waals surface area contributed by atoms with Crippen molar-refractivity contribution in [3.8, 4) is 5.75 Å². The Morgan fingerprint density at radius 2 is 2.07 bits per heavy atom. The number of ether oxygens (including phenoxy) is 1. The molecule has 14 heavy (non-hydrogen) atoms. The maximum absolute atomic E-state index is 9.09. The Hall–Kier alpha value is -1.06. The largest absolute Gasteiger partial charge is 0.491 e. The van der Waals surface area contributed by atoms with Crippen LogP contribution in [0.2, 0.25) is 0 Å². The molecule has 1 aromatic carbocycles. The monoisotopic (exact) mass is 196 g/mol. The molecule has 2 N–H and O–H groups in total. The van der Waals surface area contributed by atoms with E-state index in [2.05, 4.69) is 0 Å². The van der Waals surface area contributed by atoms with Crippen molar-refractivity contribution in [1.29, 1.82) is 0 Å². The third kappa shape index (κ3) is 3.01. The van der Waals surface area contributed by atoms with E-state index in [0.29, 0.717) is 0 Å². The van der Waals surface area contributed by atoms with E-state index >= 15 is 0 Å². The molecule has 0 aliphatic rings. The fourth-order valence-electron chi connectivity index (χ4n) is 1.20. The molecule has 0 aliphatic carbocycles. The predicted octanol–water partition coefficient (Wildman–Crippen LogP) is 1.04. The number of aliphatic hydroxyl groups is 2. The Balaban J connectivity index is 2.59. The number of aryl methyl sites for hydroxylation is 2. The molecule has 3 nitrogen and oxygen atoms in total. The average Bonchev–Trinajstić information content (AvgIpc) is 2.16. The second-order valence-electron chi connectivity index (χ2n) is 3.42. The molecular weight excluding hydrogens is 180 g/mol. The van der Waals surface area contributed by atoms with Crippen molar-refractivity contribution in [3.05, 3.63) is 29.3 Å². The van der Waals surface area contributed by atoms with Crippen LogP contribution in [0.25, 0.3) is 0 Å². The topological polar surface area (TPSA) is 49.7 Å². The molecular formula is C11H16O3. The standard InChI is InChI=1S/C11H16O3/c1-8-3-4-11(9(2)5-8)14-7-10(13)6-12/h3-5,10,12-13H,6-7H2,1-2H3. The van der Waals surface area contributed by atoms with Crippen LogP contribution >= 0.6 is 0 Å². The predicted molar refractivity (Wildman–Crippen MR) is 54.5 cm³/mol. The first-order valence-electron chi connectivity index (χ1n) is 4.62. The molecule has 78 valence electrons. The quantitative estimate of drug-likeness (QED) is 0.756. The third-order valence-electron chi connectivity index (χ3n) is 1.97. The minimum atomic E-state index is -0.810. The molecule has 3 heteroatoms. The molecule has 0 fully saturated rings. The van der Waals surface area contributed by atoms with Gasteiger partial charge in [-0.3, -0.25) is 0 Å². The van der Waals surface area contributed by atoms with Crippen LogP contribution in [-0.4, -0.2) is 29.5 Å². The van der Waals surface area contributed by atoms with Crippen LogP contribution in [0.15, 0.2) is 18.2 Å². The summed E-state index contributed by atoms with van der Waals surface area (Å²) in [6, 6.07) is 5.84. The van der Waals surface area contributed by atoms with Crippen molar-refractivity contribution >= 4 is 0 Å². The van der Waals surface area contributed by atoms with Gasteiger partial charge in [-0.25, -0.2) is 0 Å². The van der Waals surface area contributed by atoms with Crippen LogP contribution in [-0.2, 0) is 0 Å². The molecule has 0 aliphatic heterocycles. The van der Waals surface area contributed by atoms with Crippen molar-refractivity contribution in [2.24, 2.45) is 0 Å². The molecule has 0 heterocycles. The van der Waals surface area contributed by atoms with Crippen molar-refractivity contribution in [3.63, 3.8) is 0 Å². The van der Waals surface area contributed by atoms with Gasteiger partial charge in [0.05, 0.1) is 6.61 Å². The zero-order chi connectivity index (χ0) is 10.6. The summed E-state index contributed by atoms with van der Waals surface area (Å²) < 4.78 is 5.33. The fourth-order valence-corrected chi connectivity index (χ4v) is 1.20. The highest BCUT2D eigenvalue weighted by Crippen LogP contribution is 2.18. The second-order valence-corrected chi connectivity index (χ2v) is 3.42. The lowest BCUT2D eigenvalue weighted by Gasteiger charge is -2.12. The molecule has 1 atom stereocenters. The number of rotatable bonds is 4. The molecule has 0 amide bonds. The Bertz CT molecular complexity index is 297. The van der Waals surface area contributed by atoms with E-state index < -0.39 is 6.10 Å². The summed E-state index contributed by atoms with van der Waals surface area (Å²) in [6.45, 7) is 3.82. The minimum Gasteiger partial charge on any atom is -0.491 e. The lowest BCUT2D eigenvalue weighted by atomic mass is 10.1. The highest BCUT2D eigenvalue weighted by atomic mass is 16.5. The molecule has 0 spiro atoms. The van der Waals surface area contributed by atoms with Gasteiger partial charge >= 0.3 is 0 Å². The van der Waals surface area contributed by atoms with E-state index in [0.717, 1.165) is 11.3 Å². The Kier molecular flexibility index (Phi) is 3.92. The minimum absolute atomic E-state index is 0.125. The number of aliphatic hydroxyl groups excluding tert-OH is 2. The van der Waals surface area contributed by atoms with Crippen molar-refractivity contribution in [1.82, 2.24) is 0 Å². The maximum Gasteiger partial charge on any atom is 0.122 e. The Morgan fingerprint density at radius 1 is 1.36 bits per heavy atom. The molecule has 1 unspecified atom stereocenters. The summed E-state index contributed by atoms with van der Waals surface area (Å²) in [5, 5.41) is 17.7. The number of hydrogen-bond acceptors (Lipinski definition) is 3. The first-order chi connectivity index (χ1) is 6.63. The van der Waals surface area contributed by atoms with E-state index in [1.54, 1.807) is 0 Å². The summed E-state index contributed by atoms with van der Waals surface area (Å²) in [5.41, 5.74) is 2.22. The summed E-state index contributed by atoms with van der Waals surface area (Å²) in [6.07, 6.45) is -0.810. The van der Waals surface area contributed by atoms with Gasteiger partial charge in [0.1, 0.15) is 18.5 Å². The van der Waals surface area contributed by atoms with Crippen LogP contribution in [0.1, 0.15) is 11.1 Å². The third-order valence-corrected chi connectivity index (χ3v) is 1.97. The Morgan fingerprint density at radius 3 is 2.64 bits per heavy atom. The summed E-state index contributed by atoms with van der Waals surface area (Å²) >= 11 is 0. The van der Waals surface area contributed by atoms with Gasteiger partial charge in [0.25, 0.3) is 0 Å². The first-order valence-corrected chi connectivity index (χ1v) is 4.62. The van der Waals surface area contributed by atoms with Gasteiger partial charge in [-0.2, -0.15) is 0 Å². The van der Waals surface area contributed by atoms with E-state index in [1.165, 1.54) is 5.56 Å². The van der Waals surface area contributed by atoms with Crippen molar-refractivity contribution < 1.29 is 14.9 Å². The summed E-state index contributed by atoms with van der Waals surface area (Å²) in [7, 11) is 0. The zero-order valence-corrected chi connectivity index (χ0v) is 8.53. The van der Waals surface area contributed by atoms with Crippen LogP contribution in [0.4, 0.5) is 0 Å². The number of hydrogen-bond donors (Lipinski definition) is 2. The highest BCUT2D eigenvalue weighted by molar-refractivity contribution is 5.35. The summed E-state index contributed by atoms with van der Waals surface area (Å²) in [4.78, 5) is 0. The van der Waals surface area contributed by atoms with E-state index in [4.69, 9.17) is 14.9 Å². The van der Waals surface area contributed by atoms with Crippen molar-refractivity contribution in [2.45, 2.75) is 20.0 Å². The fraction of sp³-hybridized carbons (Fsp3) is 0.455. The normalized spacial score (nSPS) is 12.6. The average molecular weight is 196 g/mol. The molecule has 1 aromatic rings. The SMILES string of the molecule is Cc1ccc(OCC(O)CO)c(C)c1. The molecule has 0 saturated heterocycles. The molecule has 0 bridgehead atoms. The molecule has 0 saturated carbocycles. The van der Waals surface area contributed by atoms with Crippen molar-refractivity contribution in [2.75, 3.05) is 13.2 Å². The van der Waals surface area contributed by atoms with Gasteiger partial charge in [-0.15, -0.1) is 0 Å².